The van der Waals surface area contributed by atoms with Gasteiger partial charge >= 0.3 is 0 Å². The van der Waals surface area contributed by atoms with Crippen molar-refractivity contribution in [2.24, 2.45) is 0 Å². The average Bonchev–Trinajstić information content (AvgIpc) is 1.76. The van der Waals surface area contributed by atoms with Gasteiger partial charge < -0.3 is 0 Å². The van der Waals surface area contributed by atoms with Gasteiger partial charge in [0.15, 0.2) is 0 Å². The summed E-state index contributed by atoms with van der Waals surface area (Å²) in [5, 5.41) is 0. The van der Waals surface area contributed by atoms with Crippen molar-refractivity contribution >= 4 is 24.7 Å². The van der Waals surface area contributed by atoms with Gasteiger partial charge in [-0.3, -0.25) is 9.01 Å². The van der Waals surface area contributed by atoms with Crippen molar-refractivity contribution in [2.45, 2.75) is 58.9 Å². The molecule has 0 aliphatic heterocycles. The van der Waals surface area contributed by atoms with Crippen LogP contribution in [0.3, 0.4) is 0 Å². The summed E-state index contributed by atoms with van der Waals surface area (Å²) in [6, 6.07) is 0. The SMILES string of the molecule is CN(N([Si](C)(C)C)[Si](C)(C)C)[Si](C)(C)C. The molecule has 5 heteroatoms. The third-order valence-electron chi connectivity index (χ3n) is 2.54. The minimum atomic E-state index is -1.24. The number of rotatable bonds is 4. The Morgan fingerprint density at radius 3 is 0.867 bits per heavy atom. The quantitative estimate of drug-likeness (QED) is 0.564. The van der Waals surface area contributed by atoms with Crippen LogP contribution >= 0.6 is 0 Å². The molecule has 0 fully saturated rings. The fourth-order valence-corrected chi connectivity index (χ4v) is 16.3. The number of nitrogens with zero attached hydrogens (tertiary/aromatic N) is 2. The van der Waals surface area contributed by atoms with E-state index in [2.05, 4.69) is 75.0 Å². The highest BCUT2D eigenvalue weighted by molar-refractivity contribution is 6.90. The zero-order valence-electron chi connectivity index (χ0n) is 12.4. The lowest BCUT2D eigenvalue weighted by Gasteiger charge is -2.53. The lowest BCUT2D eigenvalue weighted by atomic mass is 11.5. The van der Waals surface area contributed by atoms with Crippen LogP contribution in [0.1, 0.15) is 0 Å². The van der Waals surface area contributed by atoms with Gasteiger partial charge in [-0.25, -0.2) is 0 Å². The molecule has 0 aromatic rings. The van der Waals surface area contributed by atoms with Crippen molar-refractivity contribution in [3.8, 4) is 0 Å². The summed E-state index contributed by atoms with van der Waals surface area (Å²) in [4.78, 5) is 0. The van der Waals surface area contributed by atoms with E-state index in [9.17, 15) is 0 Å². The molecule has 0 N–H and O–H groups in total. The van der Waals surface area contributed by atoms with E-state index in [4.69, 9.17) is 0 Å². The van der Waals surface area contributed by atoms with Crippen molar-refractivity contribution in [3.63, 3.8) is 0 Å². The summed E-state index contributed by atoms with van der Waals surface area (Å²) in [5.41, 5.74) is 0. The first-order chi connectivity index (χ1) is 6.28. The maximum Gasteiger partial charge on any atom is 0.134 e. The highest BCUT2D eigenvalue weighted by Crippen LogP contribution is 2.25. The Bertz CT molecular complexity index is 196. The van der Waals surface area contributed by atoms with E-state index in [1.807, 2.05) is 0 Å². The Labute approximate surface area is 99.9 Å². The van der Waals surface area contributed by atoms with E-state index in [-0.39, 0.29) is 0 Å². The highest BCUT2D eigenvalue weighted by atomic mass is 28.4. The Morgan fingerprint density at radius 2 is 0.800 bits per heavy atom. The topological polar surface area (TPSA) is 6.48 Å². The van der Waals surface area contributed by atoms with Gasteiger partial charge in [-0.1, -0.05) is 58.9 Å². The molecule has 0 bridgehead atoms. The Hall–Kier alpha value is 0.571. The third kappa shape index (κ3) is 4.52. The first-order valence-electron chi connectivity index (χ1n) is 5.82. The molecule has 0 radical (unpaired) electrons. The largest absolute Gasteiger partial charge is 0.290 e. The summed E-state index contributed by atoms with van der Waals surface area (Å²) in [7, 11) is -1.38. The second-order valence-corrected chi connectivity index (χ2v) is 22.3. The molecule has 0 heterocycles. The average molecular weight is 263 g/mol. The van der Waals surface area contributed by atoms with Gasteiger partial charge in [-0.05, 0) is 7.05 Å². The fraction of sp³-hybridized carbons (Fsp3) is 1.00. The Balaban J connectivity index is 5.16. The van der Waals surface area contributed by atoms with E-state index >= 15 is 0 Å². The minimum Gasteiger partial charge on any atom is -0.290 e. The van der Waals surface area contributed by atoms with E-state index in [1.165, 1.54) is 0 Å². The van der Waals surface area contributed by atoms with Crippen LogP contribution in [-0.2, 0) is 0 Å². The fourth-order valence-electron chi connectivity index (χ4n) is 2.21. The Morgan fingerprint density at radius 1 is 0.533 bits per heavy atom. The van der Waals surface area contributed by atoms with Gasteiger partial charge in [0.25, 0.3) is 0 Å². The van der Waals surface area contributed by atoms with Crippen LogP contribution in [0.25, 0.3) is 0 Å². The predicted molar refractivity (Wildman–Crippen MR) is 79.6 cm³/mol. The standard InChI is InChI=1S/C10H30N2Si3/c1-11(13(2,3)4)12(14(5,6)7)15(8,9)10/h1-10H3. The van der Waals surface area contributed by atoms with Crippen LogP contribution in [0.2, 0.25) is 58.9 Å². The number of hydrogen-bond donors (Lipinski definition) is 0. The molecule has 0 amide bonds. The molecule has 0 rings (SSSR count). The number of hydrogen-bond acceptors (Lipinski definition) is 2. The van der Waals surface area contributed by atoms with Crippen molar-refractivity contribution < 1.29 is 0 Å². The molecule has 0 aromatic carbocycles. The summed E-state index contributed by atoms with van der Waals surface area (Å²) in [6.45, 7) is 22.1. The first-order valence-corrected chi connectivity index (χ1v) is 16.2. The van der Waals surface area contributed by atoms with Crippen LogP contribution in [0.4, 0.5) is 0 Å². The number of hydrazine groups is 1. The van der Waals surface area contributed by atoms with Gasteiger partial charge in [0.2, 0.25) is 0 Å². The molecule has 0 saturated heterocycles. The van der Waals surface area contributed by atoms with Gasteiger partial charge in [-0.15, -0.1) is 0 Å². The summed E-state index contributed by atoms with van der Waals surface area (Å²) < 4.78 is 5.41. The van der Waals surface area contributed by atoms with Gasteiger partial charge in [0.1, 0.15) is 24.7 Å². The molecular formula is C10H30N2Si3. The smallest absolute Gasteiger partial charge is 0.134 e. The lowest BCUT2D eigenvalue weighted by Crippen LogP contribution is -2.70. The molecular weight excluding hydrogens is 232 g/mol. The summed E-state index contributed by atoms with van der Waals surface area (Å²) in [5.74, 6) is 0. The van der Waals surface area contributed by atoms with Gasteiger partial charge in [0, 0.05) is 0 Å². The molecule has 92 valence electrons. The van der Waals surface area contributed by atoms with Crippen molar-refractivity contribution in [2.75, 3.05) is 7.05 Å². The molecule has 0 spiro atoms. The zero-order chi connectivity index (χ0) is 12.7. The van der Waals surface area contributed by atoms with Crippen LogP contribution in [0, 0.1) is 0 Å². The molecule has 0 saturated carbocycles. The zero-order valence-corrected chi connectivity index (χ0v) is 15.4. The maximum atomic E-state index is 2.80. The normalized spacial score (nSPS) is 15.2. The van der Waals surface area contributed by atoms with E-state index in [0.717, 1.165) is 0 Å². The van der Waals surface area contributed by atoms with Crippen LogP contribution in [0.15, 0.2) is 0 Å². The maximum absolute atomic E-state index is 2.80. The molecule has 0 aliphatic rings. The lowest BCUT2D eigenvalue weighted by molar-refractivity contribution is 0.280. The van der Waals surface area contributed by atoms with Gasteiger partial charge in [-0.2, -0.15) is 0 Å². The van der Waals surface area contributed by atoms with E-state index < -0.39 is 24.7 Å². The first kappa shape index (κ1) is 15.6. The Kier molecular flexibility index (Phi) is 4.61. The van der Waals surface area contributed by atoms with Crippen molar-refractivity contribution in [1.82, 2.24) is 9.01 Å². The summed E-state index contributed by atoms with van der Waals surface area (Å²) in [6.07, 6.45) is 0. The molecule has 0 atom stereocenters. The summed E-state index contributed by atoms with van der Waals surface area (Å²) >= 11 is 0. The second kappa shape index (κ2) is 4.44. The molecule has 0 unspecified atom stereocenters. The molecule has 15 heavy (non-hydrogen) atoms. The monoisotopic (exact) mass is 262 g/mol. The van der Waals surface area contributed by atoms with Crippen molar-refractivity contribution in [3.05, 3.63) is 0 Å². The molecule has 0 aromatic heterocycles. The minimum absolute atomic E-state index is 1.21. The van der Waals surface area contributed by atoms with E-state index in [1.54, 1.807) is 0 Å². The van der Waals surface area contributed by atoms with Crippen LogP contribution < -0.4 is 0 Å². The third-order valence-corrected chi connectivity index (χ3v) is 12.2. The molecule has 0 aliphatic carbocycles. The molecule has 2 nitrogen and oxygen atoms in total. The predicted octanol–water partition coefficient (Wildman–Crippen LogP) is 3.64. The van der Waals surface area contributed by atoms with Crippen molar-refractivity contribution in [1.29, 1.82) is 0 Å². The van der Waals surface area contributed by atoms with Crippen LogP contribution in [-0.4, -0.2) is 40.8 Å². The van der Waals surface area contributed by atoms with Crippen LogP contribution in [0.5, 0.6) is 0 Å². The highest BCUT2D eigenvalue weighted by Gasteiger charge is 2.40. The van der Waals surface area contributed by atoms with Gasteiger partial charge in [0.05, 0.1) is 0 Å². The second-order valence-electron chi connectivity index (χ2n) is 7.35. The van der Waals surface area contributed by atoms with E-state index in [0.29, 0.717) is 0 Å².